The zero-order valence-corrected chi connectivity index (χ0v) is 18.6. The summed E-state index contributed by atoms with van der Waals surface area (Å²) >= 11 is 0. The van der Waals surface area contributed by atoms with Crippen LogP contribution in [0.5, 0.6) is 0 Å². The molecule has 0 atom stereocenters. The molecular weight excluding hydrogens is 428 g/mol. The van der Waals surface area contributed by atoms with Gasteiger partial charge >= 0.3 is 0 Å². The predicted octanol–water partition coefficient (Wildman–Crippen LogP) is 3.22. The molecule has 8 nitrogen and oxygen atoms in total. The van der Waals surface area contributed by atoms with Gasteiger partial charge in [-0.25, -0.2) is 9.67 Å². The number of hydrogen-bond acceptors (Lipinski definition) is 4. The molecule has 3 aromatic heterocycles. The lowest BCUT2D eigenvalue weighted by molar-refractivity contribution is -0.132. The van der Waals surface area contributed by atoms with Gasteiger partial charge in [0.1, 0.15) is 12.4 Å². The Hall–Kier alpha value is -4.46. The Kier molecular flexibility index (Phi) is 4.65. The fraction of sp³-hybridized carbons (Fsp3) is 0.154. The van der Waals surface area contributed by atoms with Crippen molar-refractivity contribution in [3.63, 3.8) is 0 Å². The molecule has 2 aromatic carbocycles. The van der Waals surface area contributed by atoms with Gasteiger partial charge in [-0.05, 0) is 43.3 Å². The first-order valence-electron chi connectivity index (χ1n) is 11.1. The van der Waals surface area contributed by atoms with Crippen molar-refractivity contribution in [1.82, 2.24) is 28.8 Å². The molecule has 6 rings (SSSR count). The summed E-state index contributed by atoms with van der Waals surface area (Å²) in [6.45, 7) is 2.83. The largest absolute Gasteiger partial charge is 0.331 e. The van der Waals surface area contributed by atoms with Gasteiger partial charge in [0.05, 0.1) is 41.7 Å². The number of para-hydroxylation sites is 1. The lowest BCUT2D eigenvalue weighted by Crippen LogP contribution is -2.33. The number of aromatic nitrogens is 5. The summed E-state index contributed by atoms with van der Waals surface area (Å²) in [7, 11) is 0. The van der Waals surface area contributed by atoms with Crippen LogP contribution in [-0.2, 0) is 24.4 Å². The fourth-order valence-electron chi connectivity index (χ4n) is 4.45. The standard InChI is InChI=1S/C26H22N6O2/c1-18-8-10-19(11-9-18)32-25(29-12-4-5-13-29)21-14-30(15-23(21)28-32)24(33)16-31-17-27-22-7-3-2-6-20(22)26(31)34/h2-13,17H,14-16H2,1H3. The minimum Gasteiger partial charge on any atom is -0.331 e. The summed E-state index contributed by atoms with van der Waals surface area (Å²) in [6.07, 6.45) is 5.40. The van der Waals surface area contributed by atoms with Gasteiger partial charge in [-0.1, -0.05) is 29.8 Å². The highest BCUT2D eigenvalue weighted by Crippen LogP contribution is 2.30. The number of aryl methyl sites for hydroxylation is 1. The van der Waals surface area contributed by atoms with E-state index in [9.17, 15) is 9.59 Å². The van der Waals surface area contributed by atoms with E-state index < -0.39 is 0 Å². The topological polar surface area (TPSA) is 78.0 Å². The maximum absolute atomic E-state index is 13.2. The number of benzene rings is 2. The maximum atomic E-state index is 13.2. The predicted molar refractivity (Wildman–Crippen MR) is 128 cm³/mol. The monoisotopic (exact) mass is 450 g/mol. The van der Waals surface area contributed by atoms with Crippen molar-refractivity contribution in [2.24, 2.45) is 0 Å². The van der Waals surface area contributed by atoms with Crippen LogP contribution in [0, 0.1) is 6.92 Å². The Morgan fingerprint density at radius 2 is 1.74 bits per heavy atom. The van der Waals surface area contributed by atoms with Crippen LogP contribution in [0.1, 0.15) is 16.8 Å². The average molecular weight is 451 g/mol. The molecule has 0 N–H and O–H groups in total. The molecule has 5 aromatic rings. The molecular formula is C26H22N6O2. The molecule has 1 amide bonds. The van der Waals surface area contributed by atoms with Crippen LogP contribution in [0.2, 0.25) is 0 Å². The van der Waals surface area contributed by atoms with E-state index in [4.69, 9.17) is 5.10 Å². The molecule has 0 spiro atoms. The zero-order chi connectivity index (χ0) is 23.2. The number of carbonyl (C=O) groups is 1. The van der Waals surface area contributed by atoms with Gasteiger partial charge in [0.25, 0.3) is 5.56 Å². The van der Waals surface area contributed by atoms with Crippen molar-refractivity contribution < 1.29 is 4.79 Å². The molecule has 168 valence electrons. The highest BCUT2D eigenvalue weighted by Gasteiger charge is 2.31. The Morgan fingerprint density at radius 3 is 2.53 bits per heavy atom. The molecule has 0 radical (unpaired) electrons. The smallest absolute Gasteiger partial charge is 0.261 e. The number of hydrogen-bond donors (Lipinski definition) is 0. The summed E-state index contributed by atoms with van der Waals surface area (Å²) < 4.78 is 5.33. The third-order valence-corrected chi connectivity index (χ3v) is 6.25. The quantitative estimate of drug-likeness (QED) is 0.421. The van der Waals surface area contributed by atoms with Crippen LogP contribution in [0.3, 0.4) is 0 Å². The molecule has 1 aliphatic heterocycles. The van der Waals surface area contributed by atoms with E-state index >= 15 is 0 Å². The van der Waals surface area contributed by atoms with Gasteiger partial charge in [0.2, 0.25) is 5.91 Å². The molecule has 0 saturated carbocycles. The van der Waals surface area contributed by atoms with Crippen LogP contribution >= 0.6 is 0 Å². The number of nitrogens with zero attached hydrogens (tertiary/aromatic N) is 6. The van der Waals surface area contributed by atoms with E-state index in [1.54, 1.807) is 23.1 Å². The van der Waals surface area contributed by atoms with Crippen LogP contribution in [0.15, 0.2) is 84.2 Å². The maximum Gasteiger partial charge on any atom is 0.261 e. The minimum atomic E-state index is -0.214. The first kappa shape index (κ1) is 20.2. The Bertz CT molecular complexity index is 1580. The molecule has 0 unspecified atom stereocenters. The van der Waals surface area contributed by atoms with Crippen LogP contribution in [-0.4, -0.2) is 34.7 Å². The first-order valence-corrected chi connectivity index (χ1v) is 11.1. The number of carbonyl (C=O) groups excluding carboxylic acids is 1. The molecule has 0 aliphatic carbocycles. The highest BCUT2D eigenvalue weighted by atomic mass is 16.2. The second-order valence-electron chi connectivity index (χ2n) is 8.53. The van der Waals surface area contributed by atoms with E-state index in [1.807, 2.05) is 52.0 Å². The molecule has 8 heteroatoms. The number of fused-ring (bicyclic) bond motifs is 2. The highest BCUT2D eigenvalue weighted by molar-refractivity contribution is 5.79. The van der Waals surface area contributed by atoms with E-state index in [-0.39, 0.29) is 18.0 Å². The Morgan fingerprint density at radius 1 is 0.971 bits per heavy atom. The van der Waals surface area contributed by atoms with Gasteiger partial charge in [-0.2, -0.15) is 5.10 Å². The van der Waals surface area contributed by atoms with Gasteiger partial charge in [0.15, 0.2) is 0 Å². The van der Waals surface area contributed by atoms with Crippen molar-refractivity contribution in [3.05, 3.63) is 107 Å². The fourth-order valence-corrected chi connectivity index (χ4v) is 4.45. The van der Waals surface area contributed by atoms with Crippen molar-refractivity contribution in [2.75, 3.05) is 0 Å². The number of amides is 1. The van der Waals surface area contributed by atoms with Gasteiger partial charge in [-0.3, -0.25) is 14.2 Å². The van der Waals surface area contributed by atoms with E-state index in [0.29, 0.717) is 24.0 Å². The van der Waals surface area contributed by atoms with E-state index in [0.717, 1.165) is 22.8 Å². The zero-order valence-electron chi connectivity index (χ0n) is 18.6. The van der Waals surface area contributed by atoms with Gasteiger partial charge < -0.3 is 9.47 Å². The summed E-state index contributed by atoms with van der Waals surface area (Å²) in [4.78, 5) is 32.0. The summed E-state index contributed by atoms with van der Waals surface area (Å²) in [5.41, 5.74) is 4.43. The summed E-state index contributed by atoms with van der Waals surface area (Å²) in [5, 5.41) is 5.37. The molecule has 0 saturated heterocycles. The third-order valence-electron chi connectivity index (χ3n) is 6.25. The van der Waals surface area contributed by atoms with Crippen LogP contribution in [0.4, 0.5) is 0 Å². The Balaban J connectivity index is 1.31. The summed E-state index contributed by atoms with van der Waals surface area (Å²) in [5.74, 6) is 0.779. The van der Waals surface area contributed by atoms with E-state index in [1.165, 1.54) is 16.5 Å². The van der Waals surface area contributed by atoms with Crippen molar-refractivity contribution in [1.29, 1.82) is 0 Å². The summed E-state index contributed by atoms with van der Waals surface area (Å²) in [6, 6.07) is 19.3. The lowest BCUT2D eigenvalue weighted by atomic mass is 10.2. The normalized spacial score (nSPS) is 12.9. The Labute approximate surface area is 195 Å². The molecule has 0 bridgehead atoms. The lowest BCUT2D eigenvalue weighted by Gasteiger charge is -2.18. The first-order chi connectivity index (χ1) is 16.6. The second-order valence-corrected chi connectivity index (χ2v) is 8.53. The SMILES string of the molecule is Cc1ccc(-n2nc3c(c2-n2cccc2)CN(C(=O)Cn2cnc4ccccc4c2=O)C3)cc1. The average Bonchev–Trinajstić information content (AvgIpc) is 3.58. The second kappa shape index (κ2) is 7.84. The van der Waals surface area contributed by atoms with Crippen molar-refractivity contribution in [3.8, 4) is 11.5 Å². The number of rotatable bonds is 4. The van der Waals surface area contributed by atoms with Crippen molar-refractivity contribution >= 4 is 16.8 Å². The van der Waals surface area contributed by atoms with Gasteiger partial charge in [0, 0.05) is 18.0 Å². The molecule has 4 heterocycles. The minimum absolute atomic E-state index is 0.0578. The van der Waals surface area contributed by atoms with Gasteiger partial charge in [-0.15, -0.1) is 0 Å². The van der Waals surface area contributed by atoms with Crippen LogP contribution in [0.25, 0.3) is 22.4 Å². The van der Waals surface area contributed by atoms with Crippen LogP contribution < -0.4 is 5.56 Å². The molecule has 0 fully saturated rings. The molecule has 34 heavy (non-hydrogen) atoms. The van der Waals surface area contributed by atoms with E-state index in [2.05, 4.69) is 24.0 Å². The molecule has 1 aliphatic rings. The van der Waals surface area contributed by atoms with Crippen molar-refractivity contribution in [2.45, 2.75) is 26.6 Å². The third kappa shape index (κ3) is 3.31.